The molecule has 86 valence electrons. The first kappa shape index (κ1) is 12.0. The van der Waals surface area contributed by atoms with E-state index in [9.17, 15) is 9.59 Å². The summed E-state index contributed by atoms with van der Waals surface area (Å²) in [7, 11) is 0. The molecule has 0 aromatic rings. The van der Waals surface area contributed by atoms with E-state index in [1.54, 1.807) is 0 Å². The van der Waals surface area contributed by atoms with Crippen LogP contribution in [-0.2, 0) is 9.59 Å². The predicted octanol–water partition coefficient (Wildman–Crippen LogP) is 1.40. The highest BCUT2D eigenvalue weighted by molar-refractivity contribution is 5.83. The standard InChI is InChI=1S/C11H19NO3/c1-11(2,3)12-9(13)6-8(10(14)15)7-4-5-7/h7-8H,4-6H2,1-3H3,(H,12,13)(H,14,15). The Hall–Kier alpha value is -1.06. The molecule has 2 N–H and O–H groups in total. The first-order chi connectivity index (χ1) is 6.79. The van der Waals surface area contributed by atoms with E-state index in [1.165, 1.54) is 0 Å². The summed E-state index contributed by atoms with van der Waals surface area (Å²) in [5.74, 6) is -1.29. The fraction of sp³-hybridized carbons (Fsp3) is 0.818. The normalized spacial score (nSPS) is 18.3. The van der Waals surface area contributed by atoms with Gasteiger partial charge < -0.3 is 10.4 Å². The molecule has 0 spiro atoms. The van der Waals surface area contributed by atoms with Crippen molar-refractivity contribution in [3.63, 3.8) is 0 Å². The van der Waals surface area contributed by atoms with E-state index >= 15 is 0 Å². The van der Waals surface area contributed by atoms with E-state index in [2.05, 4.69) is 5.32 Å². The third-order valence-electron chi connectivity index (χ3n) is 2.43. The molecule has 0 saturated heterocycles. The first-order valence-electron chi connectivity index (χ1n) is 5.33. The van der Waals surface area contributed by atoms with E-state index in [4.69, 9.17) is 5.11 Å². The van der Waals surface area contributed by atoms with Crippen molar-refractivity contribution < 1.29 is 14.7 Å². The molecule has 1 fully saturated rings. The van der Waals surface area contributed by atoms with Gasteiger partial charge in [0.1, 0.15) is 0 Å². The monoisotopic (exact) mass is 213 g/mol. The van der Waals surface area contributed by atoms with Crippen molar-refractivity contribution in [2.45, 2.75) is 45.6 Å². The molecule has 0 radical (unpaired) electrons. The predicted molar refractivity (Wildman–Crippen MR) is 56.4 cm³/mol. The molecule has 1 saturated carbocycles. The lowest BCUT2D eigenvalue weighted by molar-refractivity contribution is -0.145. The van der Waals surface area contributed by atoms with Crippen LogP contribution >= 0.6 is 0 Å². The second-order valence-electron chi connectivity index (χ2n) is 5.28. The van der Waals surface area contributed by atoms with Crippen molar-refractivity contribution in [3.8, 4) is 0 Å². The Bertz CT molecular complexity index is 263. The van der Waals surface area contributed by atoms with Crippen molar-refractivity contribution in [3.05, 3.63) is 0 Å². The van der Waals surface area contributed by atoms with E-state index in [0.717, 1.165) is 12.8 Å². The summed E-state index contributed by atoms with van der Waals surface area (Å²) in [6.45, 7) is 5.66. The number of carboxylic acids is 1. The molecule has 15 heavy (non-hydrogen) atoms. The fourth-order valence-corrected chi connectivity index (χ4v) is 1.62. The third kappa shape index (κ3) is 4.32. The zero-order chi connectivity index (χ0) is 11.6. The van der Waals surface area contributed by atoms with E-state index in [0.29, 0.717) is 0 Å². The van der Waals surface area contributed by atoms with Gasteiger partial charge in [0.15, 0.2) is 0 Å². The molecule has 1 aliphatic carbocycles. The number of aliphatic carboxylic acids is 1. The molecule has 1 atom stereocenters. The number of carbonyl (C=O) groups excluding carboxylic acids is 1. The maximum absolute atomic E-state index is 11.5. The molecule has 0 heterocycles. The van der Waals surface area contributed by atoms with Crippen molar-refractivity contribution >= 4 is 11.9 Å². The first-order valence-corrected chi connectivity index (χ1v) is 5.33. The minimum atomic E-state index is -0.846. The Balaban J connectivity index is 2.44. The lowest BCUT2D eigenvalue weighted by atomic mass is 9.98. The maximum Gasteiger partial charge on any atom is 0.307 e. The molecule has 4 heteroatoms. The molecule has 0 bridgehead atoms. The molecule has 1 amide bonds. The Labute approximate surface area is 90.0 Å². The van der Waals surface area contributed by atoms with Crippen LogP contribution in [-0.4, -0.2) is 22.5 Å². The fourth-order valence-electron chi connectivity index (χ4n) is 1.62. The van der Waals surface area contributed by atoms with Gasteiger partial charge in [-0.3, -0.25) is 9.59 Å². The Morgan fingerprint density at radius 2 is 1.93 bits per heavy atom. The van der Waals surface area contributed by atoms with Gasteiger partial charge in [0, 0.05) is 12.0 Å². The zero-order valence-corrected chi connectivity index (χ0v) is 9.54. The lowest BCUT2D eigenvalue weighted by Gasteiger charge is -2.21. The molecular weight excluding hydrogens is 194 g/mol. The molecule has 4 nitrogen and oxygen atoms in total. The lowest BCUT2D eigenvalue weighted by Crippen LogP contribution is -2.42. The van der Waals surface area contributed by atoms with Crippen LogP contribution in [0.4, 0.5) is 0 Å². The Morgan fingerprint density at radius 1 is 1.40 bits per heavy atom. The third-order valence-corrected chi connectivity index (χ3v) is 2.43. The molecule has 1 unspecified atom stereocenters. The number of nitrogens with one attached hydrogen (secondary N) is 1. The van der Waals surface area contributed by atoms with Crippen LogP contribution in [0.5, 0.6) is 0 Å². The number of rotatable bonds is 4. The second kappa shape index (κ2) is 4.21. The van der Waals surface area contributed by atoms with Gasteiger partial charge >= 0.3 is 5.97 Å². The van der Waals surface area contributed by atoms with Crippen LogP contribution in [0.2, 0.25) is 0 Å². The number of hydrogen-bond acceptors (Lipinski definition) is 2. The van der Waals surface area contributed by atoms with Gasteiger partial charge in [-0.15, -0.1) is 0 Å². The largest absolute Gasteiger partial charge is 0.481 e. The van der Waals surface area contributed by atoms with Crippen LogP contribution in [0.1, 0.15) is 40.0 Å². The van der Waals surface area contributed by atoms with Crippen LogP contribution in [0, 0.1) is 11.8 Å². The van der Waals surface area contributed by atoms with E-state index in [-0.39, 0.29) is 23.8 Å². The zero-order valence-electron chi connectivity index (χ0n) is 9.54. The van der Waals surface area contributed by atoms with Gasteiger partial charge in [-0.25, -0.2) is 0 Å². The van der Waals surface area contributed by atoms with Gasteiger partial charge in [-0.2, -0.15) is 0 Å². The van der Waals surface area contributed by atoms with Gasteiger partial charge in [-0.1, -0.05) is 0 Å². The van der Waals surface area contributed by atoms with Crippen molar-refractivity contribution in [1.82, 2.24) is 5.32 Å². The van der Waals surface area contributed by atoms with Crippen LogP contribution in [0.15, 0.2) is 0 Å². The maximum atomic E-state index is 11.5. The summed E-state index contributed by atoms with van der Waals surface area (Å²) in [6.07, 6.45) is 2.00. The highest BCUT2D eigenvalue weighted by Crippen LogP contribution is 2.38. The SMILES string of the molecule is CC(C)(C)NC(=O)CC(C(=O)O)C1CC1. The highest BCUT2D eigenvalue weighted by Gasteiger charge is 2.37. The summed E-state index contributed by atoms with van der Waals surface area (Å²) >= 11 is 0. The second-order valence-corrected chi connectivity index (χ2v) is 5.28. The topological polar surface area (TPSA) is 66.4 Å². The smallest absolute Gasteiger partial charge is 0.307 e. The van der Waals surface area contributed by atoms with Gasteiger partial charge in [-0.05, 0) is 39.5 Å². The summed E-state index contributed by atoms with van der Waals surface area (Å²) in [6, 6.07) is 0. The molecule has 1 aliphatic rings. The molecule has 0 aromatic carbocycles. The highest BCUT2D eigenvalue weighted by atomic mass is 16.4. The Kier molecular flexibility index (Phi) is 3.37. The Morgan fingerprint density at radius 3 is 2.27 bits per heavy atom. The van der Waals surface area contributed by atoms with E-state index < -0.39 is 11.9 Å². The van der Waals surface area contributed by atoms with Gasteiger partial charge in [0.25, 0.3) is 0 Å². The van der Waals surface area contributed by atoms with Crippen molar-refractivity contribution in [1.29, 1.82) is 0 Å². The van der Waals surface area contributed by atoms with Crippen LogP contribution in [0.25, 0.3) is 0 Å². The number of carbonyl (C=O) groups is 2. The number of amides is 1. The van der Waals surface area contributed by atoms with Gasteiger partial charge in [0.2, 0.25) is 5.91 Å². The molecule has 0 aromatic heterocycles. The van der Waals surface area contributed by atoms with Crippen molar-refractivity contribution in [2.75, 3.05) is 0 Å². The quantitative estimate of drug-likeness (QED) is 0.741. The molecule has 0 aliphatic heterocycles. The van der Waals surface area contributed by atoms with E-state index in [1.807, 2.05) is 20.8 Å². The number of carboxylic acid groups (broad SMARTS) is 1. The summed E-state index contributed by atoms with van der Waals surface area (Å²) < 4.78 is 0. The summed E-state index contributed by atoms with van der Waals surface area (Å²) in [5, 5.41) is 11.7. The van der Waals surface area contributed by atoms with Crippen LogP contribution in [0.3, 0.4) is 0 Å². The summed E-state index contributed by atoms with van der Waals surface area (Å²) in [5.41, 5.74) is -0.288. The molecule has 1 rings (SSSR count). The average Bonchev–Trinajstić information content (AvgIpc) is 2.78. The molecular formula is C11H19NO3. The minimum absolute atomic E-state index is 0.108. The minimum Gasteiger partial charge on any atom is -0.481 e. The van der Waals surface area contributed by atoms with Gasteiger partial charge in [0.05, 0.1) is 5.92 Å². The van der Waals surface area contributed by atoms with Crippen LogP contribution < -0.4 is 5.32 Å². The summed E-state index contributed by atoms with van der Waals surface area (Å²) in [4.78, 5) is 22.4. The van der Waals surface area contributed by atoms with Crippen molar-refractivity contribution in [2.24, 2.45) is 11.8 Å². The number of hydrogen-bond donors (Lipinski definition) is 2. The average molecular weight is 213 g/mol.